The molecule has 126 valence electrons. The zero-order chi connectivity index (χ0) is 16.4. The lowest BCUT2D eigenvalue weighted by Crippen LogP contribution is -2.38. The summed E-state index contributed by atoms with van der Waals surface area (Å²) in [5.41, 5.74) is -0.625. The minimum Gasteiger partial charge on any atom is -0.466 e. The molecule has 1 unspecified atom stereocenters. The van der Waals surface area contributed by atoms with Gasteiger partial charge in [0.2, 0.25) is 0 Å². The van der Waals surface area contributed by atoms with Crippen LogP contribution in [0, 0.1) is 11.3 Å². The van der Waals surface area contributed by atoms with E-state index in [1.807, 2.05) is 27.7 Å². The number of carbonyl (C=O) groups is 2. The van der Waals surface area contributed by atoms with Crippen molar-refractivity contribution in [3.8, 4) is 0 Å². The van der Waals surface area contributed by atoms with E-state index in [-0.39, 0.29) is 23.4 Å². The topological polar surface area (TPSA) is 55.8 Å². The highest BCUT2D eigenvalue weighted by molar-refractivity contribution is 5.77. The molecular weight excluding hydrogens is 282 g/mol. The maximum absolute atomic E-state index is 12.4. The molecule has 0 radical (unpaired) electrons. The first kappa shape index (κ1) is 17.1. The molecule has 22 heavy (non-hydrogen) atoms. The number of likely N-dealkylation sites (tertiary alicyclic amines) is 1. The maximum Gasteiger partial charge on any atom is 0.410 e. The van der Waals surface area contributed by atoms with Crippen molar-refractivity contribution in [2.45, 2.75) is 65.4 Å². The second-order valence-corrected chi connectivity index (χ2v) is 7.59. The van der Waals surface area contributed by atoms with Crippen molar-refractivity contribution < 1.29 is 19.1 Å². The summed E-state index contributed by atoms with van der Waals surface area (Å²) in [6, 6.07) is 0. The molecule has 0 bridgehead atoms. The number of hydrogen-bond donors (Lipinski definition) is 0. The summed E-state index contributed by atoms with van der Waals surface area (Å²) in [6.45, 7) is 8.84. The molecule has 0 N–H and O–H groups in total. The Bertz CT molecular complexity index is 421. The van der Waals surface area contributed by atoms with Crippen LogP contribution in [0.1, 0.15) is 59.8 Å². The third-order valence-electron chi connectivity index (χ3n) is 4.72. The third kappa shape index (κ3) is 3.73. The van der Waals surface area contributed by atoms with Crippen molar-refractivity contribution in [2.75, 3.05) is 19.7 Å². The summed E-state index contributed by atoms with van der Waals surface area (Å²) in [4.78, 5) is 26.4. The van der Waals surface area contributed by atoms with Crippen LogP contribution in [-0.4, -0.2) is 42.3 Å². The number of carbonyl (C=O) groups excluding carboxylic acids is 2. The molecule has 2 rings (SSSR count). The Balaban J connectivity index is 2.14. The second-order valence-electron chi connectivity index (χ2n) is 7.59. The molecular formula is C17H29NO4. The molecule has 5 heteroatoms. The minimum absolute atomic E-state index is 0.110. The molecule has 0 aromatic heterocycles. The summed E-state index contributed by atoms with van der Waals surface area (Å²) in [6.07, 6.45) is 5.13. The zero-order valence-electron chi connectivity index (χ0n) is 14.3. The van der Waals surface area contributed by atoms with E-state index < -0.39 is 5.60 Å². The fourth-order valence-corrected chi connectivity index (χ4v) is 3.76. The molecule has 1 aliphatic carbocycles. The van der Waals surface area contributed by atoms with E-state index >= 15 is 0 Å². The van der Waals surface area contributed by atoms with Gasteiger partial charge in [-0.15, -0.1) is 0 Å². The van der Waals surface area contributed by atoms with Gasteiger partial charge in [0.1, 0.15) is 5.60 Å². The lowest BCUT2D eigenvalue weighted by atomic mass is 9.68. The van der Waals surface area contributed by atoms with Crippen molar-refractivity contribution in [1.82, 2.24) is 4.90 Å². The van der Waals surface area contributed by atoms with E-state index in [9.17, 15) is 9.59 Å². The first-order valence-electron chi connectivity index (χ1n) is 8.42. The molecule has 1 saturated heterocycles. The van der Waals surface area contributed by atoms with E-state index in [1.165, 1.54) is 6.42 Å². The average molecular weight is 311 g/mol. The monoisotopic (exact) mass is 311 g/mol. The molecule has 0 aromatic rings. The molecule has 1 amide bonds. The minimum atomic E-state index is -0.515. The van der Waals surface area contributed by atoms with Crippen LogP contribution in [0.4, 0.5) is 4.79 Å². The van der Waals surface area contributed by atoms with E-state index in [2.05, 4.69) is 0 Å². The lowest BCUT2D eigenvalue weighted by Gasteiger charge is -2.36. The highest BCUT2D eigenvalue weighted by atomic mass is 16.6. The van der Waals surface area contributed by atoms with Crippen molar-refractivity contribution in [3.63, 3.8) is 0 Å². The van der Waals surface area contributed by atoms with Crippen LogP contribution in [0.5, 0.6) is 0 Å². The lowest BCUT2D eigenvalue weighted by molar-refractivity contribution is -0.151. The Hall–Kier alpha value is -1.26. The van der Waals surface area contributed by atoms with Crippen LogP contribution >= 0.6 is 0 Å². The van der Waals surface area contributed by atoms with Crippen LogP contribution in [-0.2, 0) is 14.3 Å². The van der Waals surface area contributed by atoms with Gasteiger partial charge >= 0.3 is 12.1 Å². The van der Waals surface area contributed by atoms with E-state index in [0.717, 1.165) is 25.7 Å². The molecule has 5 nitrogen and oxygen atoms in total. The normalized spacial score (nSPS) is 24.4. The van der Waals surface area contributed by atoms with Crippen molar-refractivity contribution >= 4 is 12.1 Å². The van der Waals surface area contributed by atoms with E-state index in [4.69, 9.17) is 9.47 Å². The van der Waals surface area contributed by atoms with Crippen LogP contribution < -0.4 is 0 Å². The van der Waals surface area contributed by atoms with Gasteiger partial charge in [-0.1, -0.05) is 19.3 Å². The fraction of sp³-hybridized carbons (Fsp3) is 0.882. The molecule has 1 heterocycles. The summed E-state index contributed by atoms with van der Waals surface area (Å²) in [7, 11) is 0. The summed E-state index contributed by atoms with van der Waals surface area (Å²) in [5, 5.41) is 0. The molecule has 1 aliphatic heterocycles. The molecule has 1 saturated carbocycles. The van der Waals surface area contributed by atoms with Gasteiger partial charge in [0, 0.05) is 18.5 Å². The highest BCUT2D eigenvalue weighted by Gasteiger charge is 2.52. The van der Waals surface area contributed by atoms with Gasteiger partial charge in [0.25, 0.3) is 0 Å². The number of hydrogen-bond acceptors (Lipinski definition) is 4. The number of ether oxygens (including phenoxy) is 2. The SMILES string of the molecule is CCOC(=O)C1CN(C(=O)OC(C)(C)C)CC12CCCCC2. The van der Waals surface area contributed by atoms with Crippen molar-refractivity contribution in [3.05, 3.63) is 0 Å². The molecule has 2 aliphatic rings. The highest BCUT2D eigenvalue weighted by Crippen LogP contribution is 2.48. The van der Waals surface area contributed by atoms with E-state index in [1.54, 1.807) is 4.90 Å². The van der Waals surface area contributed by atoms with E-state index in [0.29, 0.717) is 19.7 Å². The van der Waals surface area contributed by atoms with Crippen molar-refractivity contribution in [2.24, 2.45) is 11.3 Å². The molecule has 1 spiro atoms. The van der Waals surface area contributed by atoms with Gasteiger partial charge in [-0.05, 0) is 40.5 Å². The Labute approximate surface area is 133 Å². The zero-order valence-corrected chi connectivity index (χ0v) is 14.3. The smallest absolute Gasteiger partial charge is 0.410 e. The van der Waals surface area contributed by atoms with Crippen LogP contribution in [0.3, 0.4) is 0 Å². The Morgan fingerprint density at radius 1 is 1.18 bits per heavy atom. The number of nitrogens with zero attached hydrogens (tertiary/aromatic N) is 1. The Morgan fingerprint density at radius 3 is 2.36 bits per heavy atom. The first-order valence-corrected chi connectivity index (χ1v) is 8.42. The Kier molecular flexibility index (Phi) is 5.03. The van der Waals surface area contributed by atoms with Crippen LogP contribution in [0.25, 0.3) is 0 Å². The molecule has 0 aromatic carbocycles. The largest absolute Gasteiger partial charge is 0.466 e. The van der Waals surface area contributed by atoms with Gasteiger partial charge in [0.15, 0.2) is 0 Å². The van der Waals surface area contributed by atoms with Crippen molar-refractivity contribution in [1.29, 1.82) is 0 Å². The predicted molar refractivity (Wildman–Crippen MR) is 83.4 cm³/mol. The molecule has 2 fully saturated rings. The Morgan fingerprint density at radius 2 is 1.82 bits per heavy atom. The summed E-state index contributed by atoms with van der Waals surface area (Å²) in [5.74, 6) is -0.365. The quantitative estimate of drug-likeness (QED) is 0.734. The molecule has 1 atom stereocenters. The standard InChI is InChI=1S/C17H29NO4/c1-5-21-14(19)13-11-18(15(20)22-16(2,3)4)12-17(13)9-7-6-8-10-17/h13H,5-12H2,1-4H3. The predicted octanol–water partition coefficient (Wildman–Crippen LogP) is 3.37. The number of esters is 1. The van der Waals surface area contributed by atoms with Gasteiger partial charge in [-0.25, -0.2) is 4.79 Å². The van der Waals surface area contributed by atoms with Gasteiger partial charge in [-0.2, -0.15) is 0 Å². The van der Waals surface area contributed by atoms with Gasteiger partial charge in [0.05, 0.1) is 12.5 Å². The van der Waals surface area contributed by atoms with Gasteiger partial charge < -0.3 is 14.4 Å². The second kappa shape index (κ2) is 6.47. The number of rotatable bonds is 2. The fourth-order valence-electron chi connectivity index (χ4n) is 3.76. The third-order valence-corrected chi connectivity index (χ3v) is 4.72. The van der Waals surface area contributed by atoms with Crippen LogP contribution in [0.2, 0.25) is 0 Å². The van der Waals surface area contributed by atoms with Crippen LogP contribution in [0.15, 0.2) is 0 Å². The summed E-state index contributed by atoms with van der Waals surface area (Å²) < 4.78 is 10.7. The van der Waals surface area contributed by atoms with Gasteiger partial charge in [-0.3, -0.25) is 4.79 Å². The average Bonchev–Trinajstić information content (AvgIpc) is 2.77. The first-order chi connectivity index (χ1) is 10.3. The maximum atomic E-state index is 12.4. The number of amides is 1. The summed E-state index contributed by atoms with van der Waals surface area (Å²) >= 11 is 0.